The van der Waals surface area contributed by atoms with Gasteiger partial charge >= 0.3 is 0 Å². The van der Waals surface area contributed by atoms with Crippen molar-refractivity contribution in [1.82, 2.24) is 9.97 Å². The lowest BCUT2D eigenvalue weighted by atomic mass is 10.2. The highest BCUT2D eigenvalue weighted by Gasteiger charge is 2.00. The molecule has 0 unspecified atom stereocenters. The third-order valence-corrected chi connectivity index (χ3v) is 2.87. The molecule has 0 bridgehead atoms. The minimum atomic E-state index is 0.725. The number of aromatic nitrogens is 2. The normalized spacial score (nSPS) is 11.4. The second-order valence-corrected chi connectivity index (χ2v) is 4.40. The van der Waals surface area contributed by atoms with E-state index in [9.17, 15) is 0 Å². The first-order valence-corrected chi connectivity index (χ1v) is 5.99. The van der Waals surface area contributed by atoms with Gasteiger partial charge in [-0.15, -0.1) is 0 Å². The summed E-state index contributed by atoms with van der Waals surface area (Å²) < 4.78 is 0. The molecule has 3 aromatic rings. The summed E-state index contributed by atoms with van der Waals surface area (Å²) in [6.45, 7) is 0. The number of nitrogens with one attached hydrogen (secondary N) is 1. The molecule has 2 aromatic carbocycles. The van der Waals surface area contributed by atoms with Crippen LogP contribution in [0.25, 0.3) is 23.2 Å². The Morgan fingerprint density at radius 1 is 0.947 bits per heavy atom. The van der Waals surface area contributed by atoms with Gasteiger partial charge in [0.05, 0.1) is 11.0 Å². The summed E-state index contributed by atoms with van der Waals surface area (Å²) in [5.74, 6) is 0.794. The van der Waals surface area contributed by atoms with Gasteiger partial charge in [-0.3, -0.25) is 0 Å². The number of imidazole rings is 1. The maximum atomic E-state index is 5.74. The predicted octanol–water partition coefficient (Wildman–Crippen LogP) is 2.90. The minimum absolute atomic E-state index is 0.725. The molecule has 1 heterocycles. The highest BCUT2D eigenvalue weighted by atomic mass is 14.9. The summed E-state index contributed by atoms with van der Waals surface area (Å²) in [5, 5.41) is 0. The van der Waals surface area contributed by atoms with Crippen molar-refractivity contribution in [3.05, 3.63) is 53.9 Å². The van der Waals surface area contributed by atoms with Crippen LogP contribution in [0, 0.1) is 0 Å². The zero-order chi connectivity index (χ0) is 13.2. The summed E-state index contributed by atoms with van der Waals surface area (Å²) in [5.41, 5.74) is 15.8. The molecule has 0 amide bonds. The number of nitrogens with two attached hydrogens (primary N) is 2. The summed E-state index contributed by atoms with van der Waals surface area (Å²) in [6, 6.07) is 13.3. The van der Waals surface area contributed by atoms with Gasteiger partial charge < -0.3 is 16.5 Å². The Morgan fingerprint density at radius 2 is 1.79 bits per heavy atom. The van der Waals surface area contributed by atoms with E-state index in [1.54, 1.807) is 0 Å². The van der Waals surface area contributed by atoms with Crippen molar-refractivity contribution in [3.63, 3.8) is 0 Å². The van der Waals surface area contributed by atoms with Gasteiger partial charge in [-0.25, -0.2) is 4.98 Å². The molecule has 0 radical (unpaired) electrons. The topological polar surface area (TPSA) is 80.7 Å². The van der Waals surface area contributed by atoms with E-state index in [1.807, 2.05) is 54.6 Å². The lowest BCUT2D eigenvalue weighted by Crippen LogP contribution is -1.83. The SMILES string of the molecule is Nc1cccc(/C=C/c2nc3ccc(N)cc3[nH]2)c1. The van der Waals surface area contributed by atoms with Crippen molar-refractivity contribution in [3.8, 4) is 0 Å². The van der Waals surface area contributed by atoms with Crippen LogP contribution in [-0.2, 0) is 0 Å². The van der Waals surface area contributed by atoms with E-state index in [2.05, 4.69) is 9.97 Å². The molecule has 1 aromatic heterocycles. The molecule has 0 aliphatic carbocycles. The molecule has 4 heteroatoms. The fourth-order valence-electron chi connectivity index (χ4n) is 1.96. The van der Waals surface area contributed by atoms with Crippen molar-refractivity contribution in [2.45, 2.75) is 0 Å². The number of H-pyrrole nitrogens is 1. The van der Waals surface area contributed by atoms with E-state index in [-0.39, 0.29) is 0 Å². The predicted molar refractivity (Wildman–Crippen MR) is 80.3 cm³/mol. The quantitative estimate of drug-likeness (QED) is 0.612. The maximum absolute atomic E-state index is 5.74. The molecule has 94 valence electrons. The average molecular weight is 250 g/mol. The Balaban J connectivity index is 1.92. The summed E-state index contributed by atoms with van der Waals surface area (Å²) in [6.07, 6.45) is 3.89. The number of anilines is 2. The van der Waals surface area contributed by atoms with Crippen molar-refractivity contribution in [2.75, 3.05) is 11.5 Å². The van der Waals surface area contributed by atoms with Gasteiger partial charge in [-0.2, -0.15) is 0 Å². The Hall–Kier alpha value is -2.75. The van der Waals surface area contributed by atoms with Crippen LogP contribution in [0.4, 0.5) is 11.4 Å². The molecule has 0 fully saturated rings. The maximum Gasteiger partial charge on any atom is 0.131 e. The molecule has 0 saturated carbocycles. The molecule has 0 aliphatic rings. The number of nitrogens with zero attached hydrogens (tertiary/aromatic N) is 1. The molecule has 0 spiro atoms. The number of rotatable bonds is 2. The third kappa shape index (κ3) is 2.42. The van der Waals surface area contributed by atoms with Gasteiger partial charge in [0.15, 0.2) is 0 Å². The van der Waals surface area contributed by atoms with Crippen LogP contribution in [0.2, 0.25) is 0 Å². The van der Waals surface area contributed by atoms with Crippen molar-refractivity contribution in [1.29, 1.82) is 0 Å². The second kappa shape index (κ2) is 4.49. The first-order valence-electron chi connectivity index (χ1n) is 5.99. The highest BCUT2D eigenvalue weighted by molar-refractivity contribution is 5.81. The Morgan fingerprint density at radius 3 is 2.63 bits per heavy atom. The molecule has 5 N–H and O–H groups in total. The second-order valence-electron chi connectivity index (χ2n) is 4.40. The van der Waals surface area contributed by atoms with Gasteiger partial charge in [0, 0.05) is 11.4 Å². The van der Waals surface area contributed by atoms with Crippen LogP contribution >= 0.6 is 0 Å². The van der Waals surface area contributed by atoms with Crippen molar-refractivity contribution < 1.29 is 0 Å². The monoisotopic (exact) mass is 250 g/mol. The van der Waals surface area contributed by atoms with Crippen molar-refractivity contribution in [2.24, 2.45) is 0 Å². The van der Waals surface area contributed by atoms with E-state index in [4.69, 9.17) is 11.5 Å². The number of hydrogen-bond acceptors (Lipinski definition) is 3. The molecule has 0 saturated heterocycles. The van der Waals surface area contributed by atoms with Crippen molar-refractivity contribution >= 4 is 34.6 Å². The van der Waals surface area contributed by atoms with Crippen LogP contribution < -0.4 is 11.5 Å². The summed E-state index contributed by atoms with van der Waals surface area (Å²) >= 11 is 0. The van der Waals surface area contributed by atoms with Crippen LogP contribution in [0.3, 0.4) is 0 Å². The third-order valence-electron chi connectivity index (χ3n) is 2.87. The Kier molecular flexibility index (Phi) is 2.68. The zero-order valence-corrected chi connectivity index (χ0v) is 10.3. The van der Waals surface area contributed by atoms with Gasteiger partial charge in [0.2, 0.25) is 0 Å². The largest absolute Gasteiger partial charge is 0.399 e. The molecular formula is C15H14N4. The lowest BCUT2D eigenvalue weighted by molar-refractivity contribution is 1.29. The number of fused-ring (bicyclic) bond motifs is 1. The molecule has 0 aliphatic heterocycles. The Labute approximate surface area is 110 Å². The lowest BCUT2D eigenvalue weighted by Gasteiger charge is -1.94. The van der Waals surface area contributed by atoms with Crippen LogP contribution in [0.1, 0.15) is 11.4 Å². The van der Waals surface area contributed by atoms with Crippen LogP contribution in [0.5, 0.6) is 0 Å². The molecule has 0 atom stereocenters. The molecule has 3 rings (SSSR count). The van der Waals surface area contributed by atoms with E-state index in [0.29, 0.717) is 0 Å². The summed E-state index contributed by atoms with van der Waals surface area (Å²) in [7, 11) is 0. The van der Waals surface area contributed by atoms with E-state index in [0.717, 1.165) is 33.8 Å². The first kappa shape index (κ1) is 11.3. The Bertz CT molecular complexity index is 756. The average Bonchev–Trinajstić information content (AvgIpc) is 2.78. The molecule has 19 heavy (non-hydrogen) atoms. The number of hydrogen-bond donors (Lipinski definition) is 3. The number of benzene rings is 2. The van der Waals surface area contributed by atoms with E-state index >= 15 is 0 Å². The molecule has 4 nitrogen and oxygen atoms in total. The fourth-order valence-corrected chi connectivity index (χ4v) is 1.96. The highest BCUT2D eigenvalue weighted by Crippen LogP contribution is 2.16. The number of aromatic amines is 1. The van der Waals surface area contributed by atoms with Crippen LogP contribution in [-0.4, -0.2) is 9.97 Å². The zero-order valence-electron chi connectivity index (χ0n) is 10.3. The van der Waals surface area contributed by atoms with Gasteiger partial charge in [-0.1, -0.05) is 18.2 Å². The van der Waals surface area contributed by atoms with E-state index in [1.165, 1.54) is 0 Å². The molecular weight excluding hydrogens is 236 g/mol. The van der Waals surface area contributed by atoms with Gasteiger partial charge in [-0.05, 0) is 42.0 Å². The van der Waals surface area contributed by atoms with Gasteiger partial charge in [0.25, 0.3) is 0 Å². The standard InChI is InChI=1S/C15H14N4/c16-11-3-1-2-10(8-11)4-7-15-18-13-6-5-12(17)9-14(13)19-15/h1-9H,16-17H2,(H,18,19)/b7-4+. The van der Waals surface area contributed by atoms with E-state index < -0.39 is 0 Å². The first-order chi connectivity index (χ1) is 9.20. The smallest absolute Gasteiger partial charge is 0.131 e. The fraction of sp³-hybridized carbons (Fsp3) is 0. The van der Waals surface area contributed by atoms with Gasteiger partial charge in [0.1, 0.15) is 5.82 Å². The summed E-state index contributed by atoms with van der Waals surface area (Å²) in [4.78, 5) is 7.67. The van der Waals surface area contributed by atoms with Crippen LogP contribution in [0.15, 0.2) is 42.5 Å². The number of nitrogen functional groups attached to an aromatic ring is 2. The minimum Gasteiger partial charge on any atom is -0.399 e.